The van der Waals surface area contributed by atoms with E-state index in [2.05, 4.69) is 48.0 Å². The summed E-state index contributed by atoms with van der Waals surface area (Å²) in [5, 5.41) is 8.18. The fourth-order valence-electron chi connectivity index (χ4n) is 4.20. The second-order valence-corrected chi connectivity index (χ2v) is 7.52. The van der Waals surface area contributed by atoms with Gasteiger partial charge in [-0.15, -0.1) is 24.0 Å². The van der Waals surface area contributed by atoms with Gasteiger partial charge in [-0.3, -0.25) is 4.68 Å². The molecule has 1 fully saturated rings. The van der Waals surface area contributed by atoms with Gasteiger partial charge in [0.1, 0.15) is 5.75 Å². The number of halogens is 1. The van der Waals surface area contributed by atoms with E-state index in [-0.39, 0.29) is 24.0 Å². The van der Waals surface area contributed by atoms with Crippen LogP contribution in [0.5, 0.6) is 5.75 Å². The van der Waals surface area contributed by atoms with Crippen molar-refractivity contribution in [3.05, 3.63) is 41.2 Å². The van der Waals surface area contributed by atoms with Crippen LogP contribution >= 0.6 is 24.0 Å². The van der Waals surface area contributed by atoms with Crippen LogP contribution in [0.4, 0.5) is 5.69 Å². The number of hydrogen-bond donors (Lipinski definition) is 1. The van der Waals surface area contributed by atoms with E-state index in [1.807, 2.05) is 23.9 Å². The number of rotatable bonds is 7. The quantitative estimate of drug-likeness (QED) is 0.331. The van der Waals surface area contributed by atoms with E-state index in [0.717, 1.165) is 68.7 Å². The van der Waals surface area contributed by atoms with Crippen molar-refractivity contribution in [1.82, 2.24) is 20.0 Å². The van der Waals surface area contributed by atoms with Gasteiger partial charge in [0.2, 0.25) is 0 Å². The second-order valence-electron chi connectivity index (χ2n) is 7.52. The number of hydrogen-bond acceptors (Lipinski definition) is 4. The first-order valence-corrected chi connectivity index (χ1v) is 11.1. The molecule has 0 saturated carbocycles. The number of anilines is 1. The molecular formula is C23H37IN6O. The summed E-state index contributed by atoms with van der Waals surface area (Å²) >= 11 is 0. The summed E-state index contributed by atoms with van der Waals surface area (Å²) < 4.78 is 7.56. The molecule has 0 spiro atoms. The van der Waals surface area contributed by atoms with Crippen LogP contribution in [0.25, 0.3) is 0 Å². The summed E-state index contributed by atoms with van der Waals surface area (Å²) in [5.41, 5.74) is 4.89. The zero-order valence-corrected chi connectivity index (χ0v) is 21.8. The van der Waals surface area contributed by atoms with Gasteiger partial charge in [0.05, 0.1) is 25.0 Å². The molecule has 1 aromatic carbocycles. The molecule has 0 radical (unpaired) electrons. The highest BCUT2D eigenvalue weighted by molar-refractivity contribution is 14.0. The number of methoxy groups -OCH3 is 1. The van der Waals surface area contributed by atoms with Crippen LogP contribution in [0.1, 0.15) is 37.7 Å². The van der Waals surface area contributed by atoms with Crippen LogP contribution in [0, 0.1) is 0 Å². The van der Waals surface area contributed by atoms with Crippen molar-refractivity contribution in [3.63, 3.8) is 0 Å². The standard InChI is InChI=1S/C23H36N6O.HI/c1-6-19-18(20(7-2)27(4)26-19)17-25-23(24-8-3)29-15-13-28(14-16-29)21-11-9-10-12-22(21)30-5;/h9-12H,6-8,13-17H2,1-5H3,(H,24,25);1H. The van der Waals surface area contributed by atoms with Gasteiger partial charge in [0.15, 0.2) is 5.96 Å². The third-order valence-corrected chi connectivity index (χ3v) is 5.75. The molecule has 31 heavy (non-hydrogen) atoms. The van der Waals surface area contributed by atoms with E-state index >= 15 is 0 Å². The lowest BCUT2D eigenvalue weighted by Gasteiger charge is -2.38. The Morgan fingerprint density at radius 1 is 1.10 bits per heavy atom. The number of aryl methyl sites for hydroxylation is 2. The number of para-hydroxylation sites is 2. The Hall–Kier alpha value is -1.97. The predicted molar refractivity (Wildman–Crippen MR) is 139 cm³/mol. The lowest BCUT2D eigenvalue weighted by Crippen LogP contribution is -2.52. The summed E-state index contributed by atoms with van der Waals surface area (Å²) in [4.78, 5) is 9.76. The van der Waals surface area contributed by atoms with Gasteiger partial charge in [-0.05, 0) is 31.9 Å². The molecule has 0 amide bonds. The highest BCUT2D eigenvalue weighted by atomic mass is 127. The number of benzene rings is 1. The van der Waals surface area contributed by atoms with Crippen LogP contribution in [0.3, 0.4) is 0 Å². The maximum absolute atomic E-state index is 5.55. The minimum atomic E-state index is 0. The first kappa shape index (κ1) is 25.3. The molecule has 1 aliphatic rings. The normalized spacial score (nSPS) is 14.4. The zero-order chi connectivity index (χ0) is 21.5. The Kier molecular flexibility index (Phi) is 9.93. The first-order valence-electron chi connectivity index (χ1n) is 11.1. The maximum Gasteiger partial charge on any atom is 0.194 e. The van der Waals surface area contributed by atoms with Crippen molar-refractivity contribution in [2.24, 2.45) is 12.0 Å². The molecule has 3 rings (SSSR count). The molecule has 0 aliphatic carbocycles. The number of ether oxygens (including phenoxy) is 1. The first-order chi connectivity index (χ1) is 14.6. The summed E-state index contributed by atoms with van der Waals surface area (Å²) in [5.74, 6) is 1.92. The van der Waals surface area contributed by atoms with Crippen LogP contribution in [-0.2, 0) is 26.4 Å². The van der Waals surface area contributed by atoms with E-state index in [4.69, 9.17) is 14.8 Å². The minimum Gasteiger partial charge on any atom is -0.495 e. The van der Waals surface area contributed by atoms with Crippen molar-refractivity contribution >= 4 is 35.6 Å². The topological polar surface area (TPSA) is 57.9 Å². The van der Waals surface area contributed by atoms with E-state index in [1.165, 1.54) is 11.3 Å². The second kappa shape index (κ2) is 12.2. The van der Waals surface area contributed by atoms with Gasteiger partial charge in [0, 0.05) is 51.0 Å². The molecule has 1 aromatic heterocycles. The lowest BCUT2D eigenvalue weighted by molar-refractivity contribution is 0.367. The fraction of sp³-hybridized carbons (Fsp3) is 0.565. The van der Waals surface area contributed by atoms with E-state index in [0.29, 0.717) is 6.54 Å². The smallest absolute Gasteiger partial charge is 0.194 e. The van der Waals surface area contributed by atoms with Crippen molar-refractivity contribution in [3.8, 4) is 5.75 Å². The summed E-state index contributed by atoms with van der Waals surface area (Å²) in [6.07, 6.45) is 1.91. The molecule has 7 nitrogen and oxygen atoms in total. The van der Waals surface area contributed by atoms with Crippen LogP contribution in [0.2, 0.25) is 0 Å². The number of nitrogens with zero attached hydrogens (tertiary/aromatic N) is 5. The molecule has 1 N–H and O–H groups in total. The number of nitrogens with one attached hydrogen (secondary N) is 1. The Labute approximate surface area is 203 Å². The summed E-state index contributed by atoms with van der Waals surface area (Å²) in [6, 6.07) is 8.24. The van der Waals surface area contributed by atoms with Crippen LogP contribution in [0.15, 0.2) is 29.3 Å². The molecule has 0 unspecified atom stereocenters. The van der Waals surface area contributed by atoms with Gasteiger partial charge >= 0.3 is 0 Å². The van der Waals surface area contributed by atoms with Crippen molar-refractivity contribution in [2.45, 2.75) is 40.2 Å². The molecule has 172 valence electrons. The molecule has 0 bridgehead atoms. The van der Waals surface area contributed by atoms with Gasteiger partial charge in [-0.25, -0.2) is 4.99 Å². The Morgan fingerprint density at radius 3 is 2.42 bits per heavy atom. The molecule has 0 atom stereocenters. The number of piperazine rings is 1. The minimum absolute atomic E-state index is 0. The van der Waals surface area contributed by atoms with Gasteiger partial charge < -0.3 is 19.9 Å². The van der Waals surface area contributed by atoms with Crippen LogP contribution in [-0.4, -0.2) is 60.5 Å². The SMILES string of the molecule is CCNC(=NCc1c(CC)nn(C)c1CC)N1CCN(c2ccccc2OC)CC1.I. The van der Waals surface area contributed by atoms with Crippen LogP contribution < -0.4 is 15.0 Å². The zero-order valence-electron chi connectivity index (χ0n) is 19.5. The Balaban J connectivity index is 0.00000341. The van der Waals surface area contributed by atoms with E-state index in [9.17, 15) is 0 Å². The average Bonchev–Trinajstić information content (AvgIpc) is 3.11. The molecule has 2 heterocycles. The monoisotopic (exact) mass is 540 g/mol. The van der Waals surface area contributed by atoms with E-state index in [1.54, 1.807) is 7.11 Å². The fourth-order valence-corrected chi connectivity index (χ4v) is 4.20. The van der Waals surface area contributed by atoms with Crippen molar-refractivity contribution < 1.29 is 4.74 Å². The summed E-state index contributed by atoms with van der Waals surface area (Å²) in [6.45, 7) is 11.8. The lowest BCUT2D eigenvalue weighted by atomic mass is 10.1. The molecule has 2 aromatic rings. The molecular weight excluding hydrogens is 503 g/mol. The predicted octanol–water partition coefficient (Wildman–Crippen LogP) is 3.46. The maximum atomic E-state index is 5.55. The highest BCUT2D eigenvalue weighted by Crippen LogP contribution is 2.28. The number of aliphatic imine (C=N–C) groups is 1. The molecule has 8 heteroatoms. The average molecular weight is 540 g/mol. The molecule has 1 aliphatic heterocycles. The summed E-state index contributed by atoms with van der Waals surface area (Å²) in [7, 11) is 3.77. The van der Waals surface area contributed by atoms with Gasteiger partial charge in [-0.1, -0.05) is 26.0 Å². The third-order valence-electron chi connectivity index (χ3n) is 5.75. The molecule has 1 saturated heterocycles. The number of aromatic nitrogens is 2. The largest absolute Gasteiger partial charge is 0.495 e. The number of guanidine groups is 1. The third kappa shape index (κ3) is 5.84. The van der Waals surface area contributed by atoms with Crippen molar-refractivity contribution in [2.75, 3.05) is 44.7 Å². The highest BCUT2D eigenvalue weighted by Gasteiger charge is 2.22. The van der Waals surface area contributed by atoms with Gasteiger partial charge in [0.25, 0.3) is 0 Å². The Bertz CT molecular complexity index is 858. The van der Waals surface area contributed by atoms with Crippen molar-refractivity contribution in [1.29, 1.82) is 0 Å². The van der Waals surface area contributed by atoms with Gasteiger partial charge in [-0.2, -0.15) is 5.10 Å². The van der Waals surface area contributed by atoms with E-state index < -0.39 is 0 Å². The Morgan fingerprint density at radius 2 is 1.81 bits per heavy atom.